The average Bonchev–Trinajstić information content (AvgIpc) is 3.17. The summed E-state index contributed by atoms with van der Waals surface area (Å²) in [6.45, 7) is 1.11. The molecule has 3 unspecified atom stereocenters. The topological polar surface area (TPSA) is 38.7 Å². The lowest BCUT2D eigenvalue weighted by molar-refractivity contribution is -0.0929. The molecular formula is C18H30O3. The largest absolute Gasteiger partial charge is 0.396 e. The van der Waals surface area contributed by atoms with Crippen LogP contribution in [0.15, 0.2) is 0 Å². The molecule has 4 fully saturated rings. The Morgan fingerprint density at radius 1 is 0.952 bits per heavy atom. The molecule has 2 heterocycles. The molecule has 2 saturated heterocycles. The summed E-state index contributed by atoms with van der Waals surface area (Å²) in [6.07, 6.45) is 14.3. The number of ether oxygens (including phenoxy) is 2. The van der Waals surface area contributed by atoms with Gasteiger partial charge in [-0.05, 0) is 57.3 Å². The Hall–Kier alpha value is -0.120. The van der Waals surface area contributed by atoms with Gasteiger partial charge in [0.25, 0.3) is 0 Å². The van der Waals surface area contributed by atoms with Gasteiger partial charge < -0.3 is 14.6 Å². The summed E-state index contributed by atoms with van der Waals surface area (Å²) in [5.74, 6) is 0.713. The van der Waals surface area contributed by atoms with E-state index in [-0.39, 0.29) is 17.6 Å². The van der Waals surface area contributed by atoms with Crippen LogP contribution in [0.4, 0.5) is 0 Å². The van der Waals surface area contributed by atoms with Crippen LogP contribution < -0.4 is 0 Å². The Morgan fingerprint density at radius 3 is 2.48 bits per heavy atom. The molecular weight excluding hydrogens is 264 g/mol. The smallest absolute Gasteiger partial charge is 0.0687 e. The zero-order chi connectivity index (χ0) is 14.3. The summed E-state index contributed by atoms with van der Waals surface area (Å²) >= 11 is 0. The minimum absolute atomic E-state index is 0.00791. The standard InChI is InChI=1S/C18H30O3/c19-13-17(10-11-20-16(17)14-4-5-14)12-15-6-9-18(21-15)7-2-1-3-8-18/h14-16,19H,1-13H2. The molecule has 0 radical (unpaired) electrons. The summed E-state index contributed by atoms with van der Waals surface area (Å²) < 4.78 is 12.6. The normalized spacial score (nSPS) is 42.7. The van der Waals surface area contributed by atoms with Crippen molar-refractivity contribution >= 4 is 0 Å². The molecule has 1 N–H and O–H groups in total. The zero-order valence-corrected chi connectivity index (χ0v) is 13.2. The average molecular weight is 294 g/mol. The number of aliphatic hydroxyl groups is 1. The van der Waals surface area contributed by atoms with Crippen LogP contribution in [0.5, 0.6) is 0 Å². The number of aliphatic hydroxyl groups excluding tert-OH is 1. The van der Waals surface area contributed by atoms with Crippen molar-refractivity contribution in [1.29, 1.82) is 0 Å². The highest BCUT2D eigenvalue weighted by atomic mass is 16.5. The Bertz CT molecular complexity index is 373. The van der Waals surface area contributed by atoms with Crippen molar-refractivity contribution in [3.8, 4) is 0 Å². The molecule has 1 spiro atoms. The van der Waals surface area contributed by atoms with E-state index in [2.05, 4.69) is 0 Å². The van der Waals surface area contributed by atoms with Crippen molar-refractivity contribution in [1.82, 2.24) is 0 Å². The summed E-state index contributed by atoms with van der Waals surface area (Å²) in [6, 6.07) is 0. The van der Waals surface area contributed by atoms with E-state index in [1.54, 1.807) is 0 Å². The highest BCUT2D eigenvalue weighted by Gasteiger charge is 2.53. The number of hydrogen-bond acceptors (Lipinski definition) is 3. The maximum absolute atomic E-state index is 10.1. The van der Waals surface area contributed by atoms with Gasteiger partial charge in [0, 0.05) is 12.0 Å². The second-order valence-electron chi connectivity index (χ2n) is 8.13. The maximum atomic E-state index is 10.1. The first-order valence-corrected chi connectivity index (χ1v) is 9.16. The van der Waals surface area contributed by atoms with Crippen LogP contribution >= 0.6 is 0 Å². The van der Waals surface area contributed by atoms with Crippen LogP contribution in [0.2, 0.25) is 0 Å². The van der Waals surface area contributed by atoms with Gasteiger partial charge in [-0.3, -0.25) is 0 Å². The van der Waals surface area contributed by atoms with Crippen molar-refractivity contribution in [3.05, 3.63) is 0 Å². The fraction of sp³-hybridized carbons (Fsp3) is 1.00. The Kier molecular flexibility index (Phi) is 3.79. The second kappa shape index (κ2) is 5.50. The third-order valence-corrected chi connectivity index (χ3v) is 6.60. The van der Waals surface area contributed by atoms with Gasteiger partial charge in [-0.15, -0.1) is 0 Å². The highest BCUT2D eigenvalue weighted by molar-refractivity contribution is 5.02. The molecule has 21 heavy (non-hydrogen) atoms. The van der Waals surface area contributed by atoms with Gasteiger partial charge in [0.05, 0.1) is 24.4 Å². The third-order valence-electron chi connectivity index (χ3n) is 6.60. The van der Waals surface area contributed by atoms with E-state index in [1.807, 2.05) is 0 Å². The molecule has 3 atom stereocenters. The molecule has 120 valence electrons. The van der Waals surface area contributed by atoms with E-state index in [0.29, 0.717) is 18.1 Å². The molecule has 0 aromatic carbocycles. The molecule has 3 heteroatoms. The van der Waals surface area contributed by atoms with Crippen LogP contribution in [0.25, 0.3) is 0 Å². The summed E-state index contributed by atoms with van der Waals surface area (Å²) in [5, 5.41) is 10.1. The van der Waals surface area contributed by atoms with Crippen LogP contribution in [-0.2, 0) is 9.47 Å². The van der Waals surface area contributed by atoms with Crippen molar-refractivity contribution < 1.29 is 14.6 Å². The van der Waals surface area contributed by atoms with Gasteiger partial charge in [0.2, 0.25) is 0 Å². The molecule has 3 nitrogen and oxygen atoms in total. The Balaban J connectivity index is 1.42. The predicted molar refractivity (Wildman–Crippen MR) is 81.1 cm³/mol. The molecule has 0 amide bonds. The maximum Gasteiger partial charge on any atom is 0.0687 e. The van der Waals surface area contributed by atoms with Gasteiger partial charge >= 0.3 is 0 Å². The minimum atomic E-state index is -0.00791. The van der Waals surface area contributed by atoms with Gasteiger partial charge in [0.1, 0.15) is 0 Å². The molecule has 0 aromatic heterocycles. The van der Waals surface area contributed by atoms with E-state index in [1.165, 1.54) is 57.8 Å². The quantitative estimate of drug-likeness (QED) is 0.863. The summed E-state index contributed by atoms with van der Waals surface area (Å²) in [4.78, 5) is 0. The fourth-order valence-corrected chi connectivity index (χ4v) is 5.25. The Labute approximate surface area is 128 Å². The van der Waals surface area contributed by atoms with Crippen molar-refractivity contribution in [2.45, 2.75) is 88.4 Å². The monoisotopic (exact) mass is 294 g/mol. The highest BCUT2D eigenvalue weighted by Crippen LogP contribution is 2.52. The van der Waals surface area contributed by atoms with Crippen LogP contribution in [0.1, 0.15) is 70.6 Å². The van der Waals surface area contributed by atoms with E-state index in [0.717, 1.165) is 19.4 Å². The van der Waals surface area contributed by atoms with Gasteiger partial charge in [-0.2, -0.15) is 0 Å². The number of hydrogen-bond donors (Lipinski definition) is 1. The first kappa shape index (κ1) is 14.5. The molecule has 2 saturated carbocycles. The third kappa shape index (κ3) is 2.66. The second-order valence-corrected chi connectivity index (χ2v) is 8.13. The van der Waals surface area contributed by atoms with Crippen LogP contribution in [0.3, 0.4) is 0 Å². The Morgan fingerprint density at radius 2 is 1.76 bits per heavy atom. The molecule has 4 aliphatic rings. The molecule has 2 aliphatic carbocycles. The van der Waals surface area contributed by atoms with Crippen molar-refractivity contribution in [2.75, 3.05) is 13.2 Å². The lowest BCUT2D eigenvalue weighted by Crippen LogP contribution is -2.40. The summed E-state index contributed by atoms with van der Waals surface area (Å²) in [7, 11) is 0. The first-order valence-electron chi connectivity index (χ1n) is 9.16. The molecule has 0 bridgehead atoms. The van der Waals surface area contributed by atoms with Crippen LogP contribution in [0, 0.1) is 11.3 Å². The van der Waals surface area contributed by atoms with Crippen molar-refractivity contribution in [3.63, 3.8) is 0 Å². The van der Waals surface area contributed by atoms with Gasteiger partial charge in [-0.1, -0.05) is 19.3 Å². The SMILES string of the molecule is OCC1(CC2CCC3(CCCCC3)O2)CCOC1C1CC1. The fourth-order valence-electron chi connectivity index (χ4n) is 5.25. The molecule has 0 aromatic rings. The lowest BCUT2D eigenvalue weighted by Gasteiger charge is -2.37. The van der Waals surface area contributed by atoms with Gasteiger partial charge in [0.15, 0.2) is 0 Å². The van der Waals surface area contributed by atoms with E-state index >= 15 is 0 Å². The van der Waals surface area contributed by atoms with Crippen LogP contribution in [-0.4, -0.2) is 36.1 Å². The van der Waals surface area contributed by atoms with Gasteiger partial charge in [-0.25, -0.2) is 0 Å². The zero-order valence-electron chi connectivity index (χ0n) is 13.2. The number of rotatable bonds is 4. The lowest BCUT2D eigenvalue weighted by atomic mass is 9.74. The van der Waals surface area contributed by atoms with E-state index in [9.17, 15) is 5.11 Å². The molecule has 2 aliphatic heterocycles. The van der Waals surface area contributed by atoms with E-state index < -0.39 is 0 Å². The summed E-state index contributed by atoms with van der Waals surface area (Å²) in [5.41, 5.74) is 0.195. The predicted octanol–water partition coefficient (Wildman–Crippen LogP) is 3.44. The first-order chi connectivity index (χ1) is 10.3. The van der Waals surface area contributed by atoms with Crippen molar-refractivity contribution in [2.24, 2.45) is 11.3 Å². The van der Waals surface area contributed by atoms with E-state index in [4.69, 9.17) is 9.47 Å². The molecule has 4 rings (SSSR count). The minimum Gasteiger partial charge on any atom is -0.396 e.